The largest absolute Gasteiger partial charge is 0.308 e. The van der Waals surface area contributed by atoms with Gasteiger partial charge in [0, 0.05) is 19.6 Å². The lowest BCUT2D eigenvalue weighted by atomic mass is 9.80. The van der Waals surface area contributed by atoms with E-state index in [1.165, 1.54) is 29.4 Å². The number of aryl methyl sites for hydroxylation is 2. The first-order chi connectivity index (χ1) is 9.02. The number of nitrogens with zero attached hydrogens (tertiary/aromatic N) is 2. The molecule has 1 N–H and O–H groups in total. The van der Waals surface area contributed by atoms with Crippen molar-refractivity contribution in [2.24, 2.45) is 18.9 Å². The summed E-state index contributed by atoms with van der Waals surface area (Å²) in [5.74, 6) is 1.67. The summed E-state index contributed by atoms with van der Waals surface area (Å²) in [6.07, 6.45) is 4.99. The van der Waals surface area contributed by atoms with Crippen LogP contribution in [-0.2, 0) is 20.0 Å². The molecule has 0 saturated heterocycles. The van der Waals surface area contributed by atoms with Crippen molar-refractivity contribution in [3.63, 3.8) is 0 Å². The van der Waals surface area contributed by atoms with Crippen LogP contribution < -0.4 is 5.32 Å². The highest BCUT2D eigenvalue weighted by Crippen LogP contribution is 2.29. The van der Waals surface area contributed by atoms with Gasteiger partial charge in [0.05, 0.1) is 15.9 Å². The van der Waals surface area contributed by atoms with Crippen LogP contribution in [0.15, 0.2) is 4.47 Å². The molecule has 19 heavy (non-hydrogen) atoms. The van der Waals surface area contributed by atoms with Crippen molar-refractivity contribution < 1.29 is 0 Å². The summed E-state index contributed by atoms with van der Waals surface area (Å²) in [4.78, 5) is 0. The zero-order valence-electron chi connectivity index (χ0n) is 12.5. The number of halogens is 1. The zero-order valence-corrected chi connectivity index (χ0v) is 14.1. The van der Waals surface area contributed by atoms with E-state index >= 15 is 0 Å². The third kappa shape index (κ3) is 3.40. The lowest BCUT2D eigenvalue weighted by Crippen LogP contribution is -2.39. The fourth-order valence-corrected chi connectivity index (χ4v) is 3.96. The van der Waals surface area contributed by atoms with Crippen LogP contribution in [0.5, 0.6) is 0 Å². The highest BCUT2D eigenvalue weighted by atomic mass is 79.9. The molecule has 1 saturated carbocycles. The lowest BCUT2D eigenvalue weighted by Gasteiger charge is -2.33. The molecule has 1 heterocycles. The van der Waals surface area contributed by atoms with E-state index in [1.54, 1.807) is 0 Å². The average molecular weight is 328 g/mol. The van der Waals surface area contributed by atoms with Crippen LogP contribution in [-0.4, -0.2) is 15.8 Å². The van der Waals surface area contributed by atoms with Crippen molar-refractivity contribution >= 4 is 15.9 Å². The van der Waals surface area contributed by atoms with Crippen molar-refractivity contribution in [1.82, 2.24) is 15.1 Å². The molecule has 2 rings (SSSR count). The third-order valence-corrected chi connectivity index (χ3v) is 5.38. The Morgan fingerprint density at radius 3 is 2.68 bits per heavy atom. The normalized spacial score (nSPS) is 27.7. The van der Waals surface area contributed by atoms with Gasteiger partial charge in [-0.25, -0.2) is 0 Å². The monoisotopic (exact) mass is 327 g/mol. The Morgan fingerprint density at radius 1 is 1.37 bits per heavy atom. The molecule has 4 heteroatoms. The zero-order chi connectivity index (χ0) is 14.0. The Bertz CT molecular complexity index is 427. The summed E-state index contributed by atoms with van der Waals surface area (Å²) in [5.41, 5.74) is 2.42. The second kappa shape index (κ2) is 6.40. The Morgan fingerprint density at radius 2 is 2.11 bits per heavy atom. The standard InChI is InChI=1S/C15H26BrN3/c1-5-12-15(16)14(19(4)18-12)9-17-13-7-6-10(2)8-11(13)3/h10-11,13,17H,5-9H2,1-4H3. The maximum absolute atomic E-state index is 4.55. The summed E-state index contributed by atoms with van der Waals surface area (Å²) in [7, 11) is 2.04. The maximum atomic E-state index is 4.55. The molecule has 0 aromatic carbocycles. The first-order valence-electron chi connectivity index (χ1n) is 7.46. The number of rotatable bonds is 4. The van der Waals surface area contributed by atoms with E-state index < -0.39 is 0 Å². The molecule has 1 aliphatic rings. The highest BCUT2D eigenvalue weighted by Gasteiger charge is 2.25. The minimum atomic E-state index is 0.656. The highest BCUT2D eigenvalue weighted by molar-refractivity contribution is 9.10. The molecule has 3 nitrogen and oxygen atoms in total. The van der Waals surface area contributed by atoms with Gasteiger partial charge in [-0.15, -0.1) is 0 Å². The van der Waals surface area contributed by atoms with Crippen molar-refractivity contribution in [3.8, 4) is 0 Å². The summed E-state index contributed by atoms with van der Waals surface area (Å²) < 4.78 is 3.19. The van der Waals surface area contributed by atoms with Gasteiger partial charge in [-0.2, -0.15) is 5.10 Å². The molecule has 3 unspecified atom stereocenters. The molecule has 0 aliphatic heterocycles. The number of hydrogen-bond acceptors (Lipinski definition) is 2. The van der Waals surface area contributed by atoms with E-state index in [9.17, 15) is 0 Å². The predicted molar refractivity (Wildman–Crippen MR) is 83.1 cm³/mol. The van der Waals surface area contributed by atoms with Crippen molar-refractivity contribution in [1.29, 1.82) is 0 Å². The molecule has 3 atom stereocenters. The van der Waals surface area contributed by atoms with Crippen LogP contribution >= 0.6 is 15.9 Å². The fourth-order valence-electron chi connectivity index (χ4n) is 3.21. The van der Waals surface area contributed by atoms with Crippen molar-refractivity contribution in [2.75, 3.05) is 0 Å². The van der Waals surface area contributed by atoms with Gasteiger partial charge in [-0.3, -0.25) is 4.68 Å². The lowest BCUT2D eigenvalue weighted by molar-refractivity contribution is 0.226. The third-order valence-electron chi connectivity index (χ3n) is 4.47. The fraction of sp³-hybridized carbons (Fsp3) is 0.800. The van der Waals surface area contributed by atoms with Gasteiger partial charge in [0.25, 0.3) is 0 Å². The quantitative estimate of drug-likeness (QED) is 0.914. The smallest absolute Gasteiger partial charge is 0.0767 e. The van der Waals surface area contributed by atoms with E-state index in [1.807, 2.05) is 11.7 Å². The van der Waals surface area contributed by atoms with Crippen LogP contribution in [0.2, 0.25) is 0 Å². The van der Waals surface area contributed by atoms with Gasteiger partial charge >= 0.3 is 0 Å². The van der Waals surface area contributed by atoms with Gasteiger partial charge < -0.3 is 5.32 Å². The van der Waals surface area contributed by atoms with Gasteiger partial charge in [-0.1, -0.05) is 20.8 Å². The topological polar surface area (TPSA) is 29.9 Å². The summed E-state index contributed by atoms with van der Waals surface area (Å²) >= 11 is 3.69. The second-order valence-electron chi connectivity index (χ2n) is 6.07. The Balaban J connectivity index is 1.97. The van der Waals surface area contributed by atoms with Crippen LogP contribution in [0.25, 0.3) is 0 Å². The SMILES string of the molecule is CCc1nn(C)c(CNC2CCC(C)CC2C)c1Br. The molecule has 0 spiro atoms. The van der Waals surface area contributed by atoms with Crippen LogP contribution in [0.3, 0.4) is 0 Å². The molecule has 0 radical (unpaired) electrons. The van der Waals surface area contributed by atoms with Crippen LogP contribution in [0, 0.1) is 11.8 Å². The Kier molecular flexibility index (Phi) is 5.07. The van der Waals surface area contributed by atoms with E-state index in [4.69, 9.17) is 0 Å². The minimum absolute atomic E-state index is 0.656. The predicted octanol–water partition coefficient (Wildman–Crippen LogP) is 3.66. The van der Waals surface area contributed by atoms with Gasteiger partial charge in [0.2, 0.25) is 0 Å². The minimum Gasteiger partial charge on any atom is -0.308 e. The van der Waals surface area contributed by atoms with Crippen LogP contribution in [0.4, 0.5) is 0 Å². The Hall–Kier alpha value is -0.350. The molecular formula is C15H26BrN3. The molecular weight excluding hydrogens is 302 g/mol. The first kappa shape index (κ1) is 15.0. The summed E-state index contributed by atoms with van der Waals surface area (Å²) in [5, 5.41) is 8.29. The number of hydrogen-bond donors (Lipinski definition) is 1. The molecule has 108 valence electrons. The van der Waals surface area contributed by atoms with Gasteiger partial charge in [0.1, 0.15) is 0 Å². The second-order valence-corrected chi connectivity index (χ2v) is 6.86. The van der Waals surface area contributed by atoms with Crippen molar-refractivity contribution in [3.05, 3.63) is 15.9 Å². The average Bonchev–Trinajstić information content (AvgIpc) is 2.64. The molecule has 1 fully saturated rings. The first-order valence-corrected chi connectivity index (χ1v) is 8.25. The Labute approximate surface area is 125 Å². The van der Waals surface area contributed by atoms with E-state index in [2.05, 4.69) is 47.1 Å². The summed E-state index contributed by atoms with van der Waals surface area (Å²) in [6, 6.07) is 0.656. The van der Waals surface area contributed by atoms with E-state index in [-0.39, 0.29) is 0 Å². The van der Waals surface area contributed by atoms with Gasteiger partial charge in [-0.05, 0) is 53.4 Å². The van der Waals surface area contributed by atoms with E-state index in [0.717, 1.165) is 30.5 Å². The summed E-state index contributed by atoms with van der Waals surface area (Å²) in [6.45, 7) is 7.81. The number of aromatic nitrogens is 2. The maximum Gasteiger partial charge on any atom is 0.0767 e. The molecule has 0 bridgehead atoms. The number of nitrogens with one attached hydrogen (secondary N) is 1. The van der Waals surface area contributed by atoms with E-state index in [0.29, 0.717) is 6.04 Å². The molecule has 0 amide bonds. The van der Waals surface area contributed by atoms with Crippen LogP contribution in [0.1, 0.15) is 51.4 Å². The molecule has 1 aliphatic carbocycles. The van der Waals surface area contributed by atoms with Crippen molar-refractivity contribution in [2.45, 2.75) is 59.0 Å². The molecule has 1 aromatic rings. The molecule has 1 aromatic heterocycles. The van der Waals surface area contributed by atoms with Gasteiger partial charge in [0.15, 0.2) is 0 Å².